The smallest absolute Gasteiger partial charge is 0.256 e. The molecule has 5 heterocycles. The predicted molar refractivity (Wildman–Crippen MR) is 120 cm³/mol. The largest absolute Gasteiger partial charge is 0.371 e. The van der Waals surface area contributed by atoms with Gasteiger partial charge in [0.05, 0.1) is 52.8 Å². The molecular formula is C22H23N7O3S. The summed E-state index contributed by atoms with van der Waals surface area (Å²) in [5.74, 6) is 1.34. The molecule has 0 radical (unpaired) electrons. The van der Waals surface area contributed by atoms with Crippen LogP contribution in [0, 0.1) is 0 Å². The third-order valence-electron chi connectivity index (χ3n) is 6.06. The van der Waals surface area contributed by atoms with Gasteiger partial charge in [-0.3, -0.25) is 4.98 Å². The van der Waals surface area contributed by atoms with Crippen molar-refractivity contribution in [3.05, 3.63) is 54.1 Å². The maximum atomic E-state index is 12.4. The van der Waals surface area contributed by atoms with Gasteiger partial charge in [-0.2, -0.15) is 9.19 Å². The lowest BCUT2D eigenvalue weighted by Crippen LogP contribution is -2.37. The molecule has 0 N–H and O–H groups in total. The number of fused-ring (bicyclic) bond motifs is 3. The number of pyridine rings is 1. The second-order valence-corrected chi connectivity index (χ2v) is 11.3. The third kappa shape index (κ3) is 3.51. The average Bonchev–Trinajstić information content (AvgIpc) is 3.40. The number of hydrogen-bond donors (Lipinski definition) is 0. The number of rotatable bonds is 5. The molecule has 0 bridgehead atoms. The first-order valence-corrected chi connectivity index (χ1v) is 12.4. The molecule has 1 aliphatic carbocycles. The first-order valence-electron chi connectivity index (χ1n) is 10.9. The molecule has 6 rings (SSSR count). The quantitative estimate of drug-likeness (QED) is 0.441. The van der Waals surface area contributed by atoms with E-state index >= 15 is 0 Å². The molecular weight excluding hydrogens is 442 g/mol. The van der Waals surface area contributed by atoms with Gasteiger partial charge in [-0.25, -0.2) is 23.4 Å². The van der Waals surface area contributed by atoms with Crippen molar-refractivity contribution in [2.45, 2.75) is 50.5 Å². The van der Waals surface area contributed by atoms with Crippen molar-refractivity contribution in [1.82, 2.24) is 33.7 Å². The van der Waals surface area contributed by atoms with E-state index in [2.05, 4.69) is 49.5 Å². The summed E-state index contributed by atoms with van der Waals surface area (Å²) in [6.45, 7) is 5.39. The van der Waals surface area contributed by atoms with Crippen molar-refractivity contribution in [1.29, 1.82) is 0 Å². The molecule has 0 saturated heterocycles. The number of imidazole rings is 1. The zero-order valence-corrected chi connectivity index (χ0v) is 19.2. The number of ether oxygens (including phenoxy) is 1. The van der Waals surface area contributed by atoms with E-state index in [0.29, 0.717) is 43.9 Å². The zero-order chi connectivity index (χ0) is 22.8. The molecule has 11 heteroatoms. The maximum Gasteiger partial charge on any atom is 0.256 e. The summed E-state index contributed by atoms with van der Waals surface area (Å²) in [6, 6.07) is 3.89. The minimum atomic E-state index is -3.42. The van der Waals surface area contributed by atoms with Crippen LogP contribution >= 0.6 is 0 Å². The minimum Gasteiger partial charge on any atom is -0.371 e. The lowest BCUT2D eigenvalue weighted by atomic mass is 10.0. The molecule has 1 saturated carbocycles. The van der Waals surface area contributed by atoms with E-state index < -0.39 is 10.0 Å². The fourth-order valence-electron chi connectivity index (χ4n) is 4.30. The van der Waals surface area contributed by atoms with Crippen LogP contribution in [0.1, 0.15) is 43.9 Å². The second kappa shape index (κ2) is 7.16. The van der Waals surface area contributed by atoms with Crippen LogP contribution in [0.2, 0.25) is 0 Å². The summed E-state index contributed by atoms with van der Waals surface area (Å²) in [5.41, 5.74) is 3.90. The van der Waals surface area contributed by atoms with Gasteiger partial charge in [-0.15, -0.1) is 0 Å². The average molecular weight is 466 g/mol. The van der Waals surface area contributed by atoms with Crippen molar-refractivity contribution in [3.63, 3.8) is 0 Å². The molecule has 10 nitrogen and oxygen atoms in total. The van der Waals surface area contributed by atoms with Gasteiger partial charge in [0.1, 0.15) is 17.9 Å². The van der Waals surface area contributed by atoms with Gasteiger partial charge in [0.25, 0.3) is 10.0 Å². The Bertz CT molecular complexity index is 1480. The van der Waals surface area contributed by atoms with Crippen LogP contribution in [0.15, 0.2) is 36.9 Å². The Morgan fingerprint density at radius 2 is 2.00 bits per heavy atom. The minimum absolute atomic E-state index is 0.190. The Morgan fingerprint density at radius 3 is 2.82 bits per heavy atom. The number of hydrogen-bond acceptors (Lipinski definition) is 8. The van der Waals surface area contributed by atoms with Crippen molar-refractivity contribution in [2.75, 3.05) is 6.61 Å². The molecule has 33 heavy (non-hydrogen) atoms. The van der Waals surface area contributed by atoms with E-state index in [1.807, 2.05) is 6.07 Å². The summed E-state index contributed by atoms with van der Waals surface area (Å²) in [4.78, 5) is 18.2. The summed E-state index contributed by atoms with van der Waals surface area (Å²) in [5, 5.41) is 3.71. The van der Waals surface area contributed by atoms with E-state index in [-0.39, 0.29) is 10.8 Å². The van der Waals surface area contributed by atoms with Gasteiger partial charge in [0.2, 0.25) is 0 Å². The highest BCUT2D eigenvalue weighted by Gasteiger charge is 2.37. The van der Waals surface area contributed by atoms with Crippen molar-refractivity contribution < 1.29 is 13.2 Å². The zero-order valence-electron chi connectivity index (χ0n) is 18.3. The Hall–Kier alpha value is -3.18. The van der Waals surface area contributed by atoms with Gasteiger partial charge >= 0.3 is 0 Å². The van der Waals surface area contributed by atoms with Gasteiger partial charge in [0.15, 0.2) is 5.82 Å². The van der Waals surface area contributed by atoms with Gasteiger partial charge in [0, 0.05) is 18.3 Å². The van der Waals surface area contributed by atoms with Crippen LogP contribution in [0.3, 0.4) is 0 Å². The normalized spacial score (nSPS) is 17.9. The van der Waals surface area contributed by atoms with Crippen LogP contribution in [0.25, 0.3) is 22.4 Å². The van der Waals surface area contributed by atoms with Crippen LogP contribution in [0.5, 0.6) is 0 Å². The van der Waals surface area contributed by atoms with E-state index in [0.717, 1.165) is 32.3 Å². The molecule has 170 valence electrons. The van der Waals surface area contributed by atoms with Gasteiger partial charge in [-0.1, -0.05) is 0 Å². The standard InChI is InChI=1S/C22H23N7O3S/c1-22(2)13-32-12-20-27-18-10-24-16(8-19(18)29(20)22)7-15-5-6-23-21(26-15)14-9-25-28(11-14)33(30,31)17-3-4-17/h5-6,8-11,17H,3-4,7,12-13H2,1-2H3. The van der Waals surface area contributed by atoms with Crippen molar-refractivity contribution in [2.24, 2.45) is 0 Å². The molecule has 1 fully saturated rings. The SMILES string of the molecule is CC1(C)COCc2nc3cnc(Cc4ccnc(-c5cnn(S(=O)(=O)C6CC6)c5)n4)cc3n21. The van der Waals surface area contributed by atoms with Gasteiger partial charge < -0.3 is 9.30 Å². The van der Waals surface area contributed by atoms with Gasteiger partial charge in [-0.05, 0) is 38.8 Å². The molecule has 1 aliphatic heterocycles. The molecule has 2 aliphatic rings. The van der Waals surface area contributed by atoms with E-state index in [1.54, 1.807) is 12.4 Å². The number of aromatic nitrogens is 7. The van der Waals surface area contributed by atoms with E-state index in [1.165, 1.54) is 12.4 Å². The van der Waals surface area contributed by atoms with Crippen LogP contribution in [-0.2, 0) is 33.3 Å². The maximum absolute atomic E-state index is 12.4. The highest BCUT2D eigenvalue weighted by Crippen LogP contribution is 2.31. The summed E-state index contributed by atoms with van der Waals surface area (Å²) < 4.78 is 33.8. The Labute approximate surface area is 190 Å². The predicted octanol–water partition coefficient (Wildman–Crippen LogP) is 2.28. The Morgan fingerprint density at radius 1 is 1.15 bits per heavy atom. The summed E-state index contributed by atoms with van der Waals surface area (Å²) in [6.07, 6.45) is 8.32. The first kappa shape index (κ1) is 20.4. The fourth-order valence-corrected chi connectivity index (χ4v) is 5.77. The lowest BCUT2D eigenvalue weighted by molar-refractivity contribution is 0.0205. The molecule has 0 amide bonds. The molecule has 0 aromatic carbocycles. The molecule has 4 aromatic heterocycles. The third-order valence-corrected chi connectivity index (χ3v) is 8.09. The topological polar surface area (TPSA) is 118 Å². The Balaban J connectivity index is 1.30. The van der Waals surface area contributed by atoms with Crippen LogP contribution in [0.4, 0.5) is 0 Å². The van der Waals surface area contributed by atoms with Crippen molar-refractivity contribution >= 4 is 21.1 Å². The number of nitrogens with zero attached hydrogens (tertiary/aromatic N) is 7. The lowest BCUT2D eigenvalue weighted by Gasteiger charge is -2.33. The Kier molecular flexibility index (Phi) is 4.43. The monoisotopic (exact) mass is 465 g/mol. The molecule has 0 atom stereocenters. The van der Waals surface area contributed by atoms with Crippen molar-refractivity contribution in [3.8, 4) is 11.4 Å². The highest BCUT2D eigenvalue weighted by atomic mass is 32.2. The summed E-state index contributed by atoms with van der Waals surface area (Å²) in [7, 11) is -3.42. The summed E-state index contributed by atoms with van der Waals surface area (Å²) >= 11 is 0. The molecule has 0 spiro atoms. The van der Waals surface area contributed by atoms with Crippen LogP contribution < -0.4 is 0 Å². The second-order valence-electron chi connectivity index (χ2n) is 9.23. The molecule has 0 unspecified atom stereocenters. The fraction of sp³-hybridized carbons (Fsp3) is 0.409. The highest BCUT2D eigenvalue weighted by molar-refractivity contribution is 7.90. The molecule has 4 aromatic rings. The van der Waals surface area contributed by atoms with Crippen LogP contribution in [-0.4, -0.2) is 54.0 Å². The van der Waals surface area contributed by atoms with E-state index in [9.17, 15) is 8.42 Å². The van der Waals surface area contributed by atoms with E-state index in [4.69, 9.17) is 4.74 Å². The first-order chi connectivity index (χ1) is 15.8.